The third kappa shape index (κ3) is 1.18. The van der Waals surface area contributed by atoms with Crippen LogP contribution in [0.15, 0.2) is 22.8 Å². The van der Waals surface area contributed by atoms with Crippen LogP contribution in [0.3, 0.4) is 0 Å². The van der Waals surface area contributed by atoms with E-state index >= 15 is 0 Å². The lowest BCUT2D eigenvalue weighted by molar-refractivity contribution is 0.112. The molecule has 0 amide bonds. The van der Waals surface area contributed by atoms with Gasteiger partial charge in [-0.25, -0.2) is 0 Å². The summed E-state index contributed by atoms with van der Waals surface area (Å²) in [6.07, 6.45) is 2.23. The van der Waals surface area contributed by atoms with Gasteiger partial charge in [-0.2, -0.15) is 0 Å². The lowest BCUT2D eigenvalue weighted by Gasteiger charge is -2.03. The molecule has 0 N–H and O–H groups in total. The number of rotatable bonds is 2. The van der Waals surface area contributed by atoms with Crippen molar-refractivity contribution in [3.8, 4) is 5.75 Å². The van der Waals surface area contributed by atoms with Gasteiger partial charge in [-0.15, -0.1) is 0 Å². The average molecular weight is 190 g/mol. The first kappa shape index (κ1) is 8.81. The number of aldehydes is 1. The van der Waals surface area contributed by atoms with E-state index < -0.39 is 0 Å². The summed E-state index contributed by atoms with van der Waals surface area (Å²) in [7, 11) is 1.61. The number of benzene rings is 1. The smallest absolute Gasteiger partial charge is 0.153 e. The molecule has 14 heavy (non-hydrogen) atoms. The quantitative estimate of drug-likeness (QED) is 0.683. The van der Waals surface area contributed by atoms with E-state index in [-0.39, 0.29) is 0 Å². The zero-order valence-corrected chi connectivity index (χ0v) is 8.03. The first-order valence-corrected chi connectivity index (χ1v) is 4.27. The van der Waals surface area contributed by atoms with E-state index in [0.717, 1.165) is 23.0 Å². The lowest BCUT2D eigenvalue weighted by atomic mass is 10.1. The summed E-state index contributed by atoms with van der Waals surface area (Å²) in [6.45, 7) is 1.93. The molecule has 3 heteroatoms. The molecule has 1 aromatic heterocycles. The second-order valence-electron chi connectivity index (χ2n) is 3.13. The highest BCUT2D eigenvalue weighted by molar-refractivity contribution is 5.96. The molecule has 1 aromatic carbocycles. The normalized spacial score (nSPS) is 10.4. The van der Waals surface area contributed by atoms with Crippen molar-refractivity contribution in [3.05, 3.63) is 29.5 Å². The molecule has 0 aliphatic heterocycles. The van der Waals surface area contributed by atoms with Gasteiger partial charge in [0, 0.05) is 5.39 Å². The van der Waals surface area contributed by atoms with Gasteiger partial charge in [0.15, 0.2) is 6.29 Å². The van der Waals surface area contributed by atoms with Crippen LogP contribution in [0, 0.1) is 6.92 Å². The highest BCUT2D eigenvalue weighted by atomic mass is 16.5. The molecule has 1 heterocycles. The number of hydrogen-bond donors (Lipinski definition) is 0. The molecule has 2 rings (SSSR count). The maximum Gasteiger partial charge on any atom is 0.153 e. The second kappa shape index (κ2) is 3.18. The Morgan fingerprint density at radius 3 is 2.86 bits per heavy atom. The third-order valence-electron chi connectivity index (χ3n) is 2.25. The van der Waals surface area contributed by atoms with Crippen LogP contribution < -0.4 is 4.74 Å². The van der Waals surface area contributed by atoms with Gasteiger partial charge in [0.2, 0.25) is 0 Å². The minimum atomic E-state index is 0.554. The van der Waals surface area contributed by atoms with Crippen molar-refractivity contribution >= 4 is 17.3 Å². The van der Waals surface area contributed by atoms with Crippen LogP contribution in [-0.2, 0) is 0 Å². The maximum absolute atomic E-state index is 10.7. The van der Waals surface area contributed by atoms with E-state index in [9.17, 15) is 4.79 Å². The largest absolute Gasteiger partial charge is 0.496 e. The molecule has 0 atom stereocenters. The Balaban J connectivity index is 2.76. The monoisotopic (exact) mass is 190 g/mol. The number of carbonyl (C=O) groups excluding carboxylic acids is 1. The molecule has 0 bridgehead atoms. The van der Waals surface area contributed by atoms with Gasteiger partial charge in [-0.1, -0.05) is 0 Å². The molecular weight excluding hydrogens is 180 g/mol. The molecule has 0 fully saturated rings. The van der Waals surface area contributed by atoms with Crippen molar-refractivity contribution in [3.63, 3.8) is 0 Å². The van der Waals surface area contributed by atoms with Crippen LogP contribution >= 0.6 is 0 Å². The van der Waals surface area contributed by atoms with Crippen molar-refractivity contribution in [1.29, 1.82) is 0 Å². The molecule has 2 aromatic rings. The fraction of sp³-hybridized carbons (Fsp3) is 0.182. The highest BCUT2D eigenvalue weighted by Gasteiger charge is 2.08. The molecule has 0 radical (unpaired) electrons. The molecule has 0 saturated heterocycles. The number of hydrogen-bond acceptors (Lipinski definition) is 3. The fourth-order valence-corrected chi connectivity index (χ4v) is 1.49. The Morgan fingerprint density at radius 2 is 2.21 bits per heavy atom. The molecular formula is C11H10O3. The van der Waals surface area contributed by atoms with Crippen LogP contribution in [0.2, 0.25) is 0 Å². The first-order valence-electron chi connectivity index (χ1n) is 4.27. The number of carbonyl (C=O) groups is 1. The van der Waals surface area contributed by atoms with Crippen molar-refractivity contribution in [2.75, 3.05) is 7.11 Å². The summed E-state index contributed by atoms with van der Waals surface area (Å²) in [5, 5.41) is 0.794. The number of methoxy groups -OCH3 is 1. The Labute approximate surface area is 81.3 Å². The van der Waals surface area contributed by atoms with Gasteiger partial charge in [0.05, 0.1) is 12.7 Å². The van der Waals surface area contributed by atoms with E-state index in [4.69, 9.17) is 9.15 Å². The zero-order chi connectivity index (χ0) is 10.1. The SMILES string of the molecule is COc1cc2c(C=O)coc2cc1C. The summed E-state index contributed by atoms with van der Waals surface area (Å²) in [6, 6.07) is 3.68. The number of furan rings is 1. The zero-order valence-electron chi connectivity index (χ0n) is 8.03. The maximum atomic E-state index is 10.7. The Bertz CT molecular complexity index is 482. The number of aryl methyl sites for hydroxylation is 1. The molecule has 0 unspecified atom stereocenters. The standard InChI is InChI=1S/C11H10O3/c1-7-3-11-9(4-10(7)13-2)8(5-12)6-14-11/h3-6H,1-2H3. The average Bonchev–Trinajstić information content (AvgIpc) is 2.58. The van der Waals surface area contributed by atoms with E-state index in [1.807, 2.05) is 19.1 Å². The minimum absolute atomic E-state index is 0.554. The minimum Gasteiger partial charge on any atom is -0.496 e. The van der Waals surface area contributed by atoms with Gasteiger partial charge in [0.25, 0.3) is 0 Å². The van der Waals surface area contributed by atoms with Crippen molar-refractivity contribution in [2.45, 2.75) is 6.92 Å². The van der Waals surface area contributed by atoms with Crippen LogP contribution in [-0.4, -0.2) is 13.4 Å². The second-order valence-corrected chi connectivity index (χ2v) is 3.13. The van der Waals surface area contributed by atoms with Gasteiger partial charge in [-0.05, 0) is 24.6 Å². The number of ether oxygens (including phenoxy) is 1. The molecule has 72 valence electrons. The summed E-state index contributed by atoms with van der Waals surface area (Å²) in [4.78, 5) is 10.7. The molecule has 0 aliphatic carbocycles. The van der Waals surface area contributed by atoms with Gasteiger partial charge in [-0.3, -0.25) is 4.79 Å². The molecule has 3 nitrogen and oxygen atoms in total. The Morgan fingerprint density at radius 1 is 1.43 bits per heavy atom. The summed E-state index contributed by atoms with van der Waals surface area (Å²) < 4.78 is 10.4. The van der Waals surface area contributed by atoms with Gasteiger partial charge in [0.1, 0.15) is 17.6 Å². The molecule has 0 spiro atoms. The van der Waals surface area contributed by atoms with Crippen molar-refractivity contribution < 1.29 is 13.9 Å². The van der Waals surface area contributed by atoms with Crippen LogP contribution in [0.5, 0.6) is 5.75 Å². The van der Waals surface area contributed by atoms with Crippen molar-refractivity contribution in [1.82, 2.24) is 0 Å². The van der Waals surface area contributed by atoms with E-state index in [1.165, 1.54) is 6.26 Å². The predicted octanol–water partition coefficient (Wildman–Crippen LogP) is 2.56. The van der Waals surface area contributed by atoms with E-state index in [2.05, 4.69) is 0 Å². The summed E-state index contributed by atoms with van der Waals surface area (Å²) >= 11 is 0. The lowest BCUT2D eigenvalue weighted by Crippen LogP contribution is -1.86. The third-order valence-corrected chi connectivity index (χ3v) is 2.25. The van der Waals surface area contributed by atoms with Crippen LogP contribution in [0.25, 0.3) is 11.0 Å². The topological polar surface area (TPSA) is 39.4 Å². The van der Waals surface area contributed by atoms with Gasteiger partial charge < -0.3 is 9.15 Å². The summed E-state index contributed by atoms with van der Waals surface area (Å²) in [5.74, 6) is 0.766. The van der Waals surface area contributed by atoms with Crippen molar-refractivity contribution in [2.24, 2.45) is 0 Å². The van der Waals surface area contributed by atoms with Crippen LogP contribution in [0.4, 0.5) is 0 Å². The van der Waals surface area contributed by atoms with Gasteiger partial charge >= 0.3 is 0 Å². The summed E-state index contributed by atoms with van der Waals surface area (Å²) in [5.41, 5.74) is 2.26. The predicted molar refractivity (Wildman–Crippen MR) is 52.9 cm³/mol. The first-order chi connectivity index (χ1) is 6.76. The van der Waals surface area contributed by atoms with E-state index in [1.54, 1.807) is 7.11 Å². The molecule has 0 aliphatic rings. The Hall–Kier alpha value is -1.77. The fourth-order valence-electron chi connectivity index (χ4n) is 1.49. The molecule has 0 saturated carbocycles. The van der Waals surface area contributed by atoms with E-state index in [0.29, 0.717) is 11.1 Å². The van der Waals surface area contributed by atoms with Crippen LogP contribution in [0.1, 0.15) is 15.9 Å². The number of fused-ring (bicyclic) bond motifs is 1. The Kier molecular flexibility index (Phi) is 2.00. The highest BCUT2D eigenvalue weighted by Crippen LogP contribution is 2.28.